The van der Waals surface area contributed by atoms with Gasteiger partial charge in [0.05, 0.1) is 5.02 Å². The van der Waals surface area contributed by atoms with Gasteiger partial charge in [-0.05, 0) is 38.0 Å². The van der Waals surface area contributed by atoms with Gasteiger partial charge in [-0.1, -0.05) is 30.9 Å². The maximum Gasteiger partial charge on any atom is 0.124 e. The fourth-order valence-electron chi connectivity index (χ4n) is 2.95. The highest BCUT2D eigenvalue weighted by molar-refractivity contribution is 6.34. The van der Waals surface area contributed by atoms with E-state index in [-0.39, 0.29) is 5.84 Å². The normalized spacial score (nSPS) is 16.3. The molecule has 0 saturated heterocycles. The van der Waals surface area contributed by atoms with Crippen molar-refractivity contribution in [2.24, 2.45) is 5.73 Å². The predicted molar refractivity (Wildman–Crippen MR) is 82.4 cm³/mol. The van der Waals surface area contributed by atoms with E-state index in [0.29, 0.717) is 16.6 Å². The largest absolute Gasteiger partial charge is 0.384 e. The Bertz CT molecular complexity index is 453. The zero-order valence-corrected chi connectivity index (χ0v) is 12.2. The fraction of sp³-hybridized carbons (Fsp3) is 0.533. The summed E-state index contributed by atoms with van der Waals surface area (Å²) in [5.41, 5.74) is 7.26. The van der Waals surface area contributed by atoms with Gasteiger partial charge in [-0.15, -0.1) is 0 Å². The summed E-state index contributed by atoms with van der Waals surface area (Å²) in [5.74, 6) is 0.0252. The Morgan fingerprint density at radius 2 is 2.05 bits per heavy atom. The van der Waals surface area contributed by atoms with Crippen LogP contribution in [-0.2, 0) is 0 Å². The van der Waals surface area contributed by atoms with E-state index in [2.05, 4.69) is 11.8 Å². The lowest BCUT2D eigenvalue weighted by Crippen LogP contribution is -2.36. The van der Waals surface area contributed by atoms with Gasteiger partial charge < -0.3 is 10.6 Å². The number of amidine groups is 1. The van der Waals surface area contributed by atoms with Gasteiger partial charge in [0.25, 0.3) is 0 Å². The molecule has 0 atom stereocenters. The highest BCUT2D eigenvalue weighted by Crippen LogP contribution is 2.29. The second-order valence-corrected chi connectivity index (χ2v) is 5.56. The van der Waals surface area contributed by atoms with Crippen molar-refractivity contribution in [1.82, 2.24) is 0 Å². The smallest absolute Gasteiger partial charge is 0.124 e. The minimum atomic E-state index is 0.0252. The van der Waals surface area contributed by atoms with E-state index in [0.717, 1.165) is 12.2 Å². The average Bonchev–Trinajstić information content (AvgIpc) is 2.40. The molecule has 0 aromatic heterocycles. The zero-order chi connectivity index (χ0) is 13.8. The second kappa shape index (κ2) is 6.29. The molecule has 3 nitrogen and oxygen atoms in total. The van der Waals surface area contributed by atoms with Gasteiger partial charge in [-0.2, -0.15) is 0 Å². The lowest BCUT2D eigenvalue weighted by molar-refractivity contribution is 0.418. The van der Waals surface area contributed by atoms with Crippen LogP contribution in [0.3, 0.4) is 0 Å². The number of nitrogens with zero attached hydrogens (tertiary/aromatic N) is 1. The zero-order valence-electron chi connectivity index (χ0n) is 11.5. The summed E-state index contributed by atoms with van der Waals surface area (Å²) in [5, 5.41) is 8.04. The van der Waals surface area contributed by atoms with Gasteiger partial charge in [-0.25, -0.2) is 0 Å². The van der Waals surface area contributed by atoms with Crippen LogP contribution in [0.4, 0.5) is 5.69 Å². The molecule has 0 bridgehead atoms. The van der Waals surface area contributed by atoms with Gasteiger partial charge in [0.2, 0.25) is 0 Å². The number of nitrogen functional groups attached to an aromatic ring is 1. The van der Waals surface area contributed by atoms with Crippen molar-refractivity contribution in [2.75, 3.05) is 11.4 Å². The Morgan fingerprint density at radius 1 is 1.37 bits per heavy atom. The van der Waals surface area contributed by atoms with Crippen LogP contribution in [0.5, 0.6) is 0 Å². The number of nitrogens with one attached hydrogen (secondary N) is 1. The van der Waals surface area contributed by atoms with Crippen LogP contribution in [0.25, 0.3) is 0 Å². The molecule has 0 radical (unpaired) electrons. The van der Waals surface area contributed by atoms with Gasteiger partial charge >= 0.3 is 0 Å². The van der Waals surface area contributed by atoms with Crippen molar-refractivity contribution in [3.05, 3.63) is 28.8 Å². The fourth-order valence-corrected chi connectivity index (χ4v) is 3.22. The Kier molecular flexibility index (Phi) is 4.70. The van der Waals surface area contributed by atoms with Crippen LogP contribution in [-0.4, -0.2) is 18.4 Å². The first-order valence-electron chi connectivity index (χ1n) is 7.04. The lowest BCUT2D eigenvalue weighted by Gasteiger charge is -2.35. The number of hydrogen-bond acceptors (Lipinski definition) is 2. The van der Waals surface area contributed by atoms with Gasteiger partial charge in [-0.3, -0.25) is 5.41 Å². The van der Waals surface area contributed by atoms with E-state index in [4.69, 9.17) is 22.7 Å². The molecule has 1 fully saturated rings. The van der Waals surface area contributed by atoms with E-state index in [1.807, 2.05) is 18.2 Å². The number of hydrogen-bond donors (Lipinski definition) is 2. The topological polar surface area (TPSA) is 53.1 Å². The van der Waals surface area contributed by atoms with Gasteiger partial charge in [0, 0.05) is 23.8 Å². The van der Waals surface area contributed by atoms with Crippen LogP contribution in [0, 0.1) is 5.41 Å². The lowest BCUT2D eigenvalue weighted by atomic mass is 9.93. The number of halogens is 1. The molecule has 0 heterocycles. The van der Waals surface area contributed by atoms with E-state index in [1.165, 1.54) is 32.1 Å². The Labute approximate surface area is 120 Å². The Hall–Kier alpha value is -1.22. The molecule has 4 heteroatoms. The summed E-state index contributed by atoms with van der Waals surface area (Å²) < 4.78 is 0. The quantitative estimate of drug-likeness (QED) is 0.651. The van der Waals surface area contributed by atoms with Crippen LogP contribution in [0.1, 0.15) is 44.6 Å². The summed E-state index contributed by atoms with van der Waals surface area (Å²) >= 11 is 6.22. The first-order valence-corrected chi connectivity index (χ1v) is 7.42. The number of rotatable bonds is 4. The summed E-state index contributed by atoms with van der Waals surface area (Å²) in [4.78, 5) is 2.43. The highest BCUT2D eigenvalue weighted by atomic mass is 35.5. The minimum Gasteiger partial charge on any atom is -0.384 e. The van der Waals surface area contributed by atoms with Crippen LogP contribution in [0.15, 0.2) is 18.2 Å². The first kappa shape index (κ1) is 14.2. The summed E-state index contributed by atoms with van der Waals surface area (Å²) in [6.45, 7) is 3.17. The van der Waals surface area contributed by atoms with Crippen molar-refractivity contribution >= 4 is 23.1 Å². The molecular formula is C15H22ClN3. The van der Waals surface area contributed by atoms with E-state index in [9.17, 15) is 0 Å². The maximum absolute atomic E-state index is 7.47. The first-order chi connectivity index (χ1) is 9.13. The third-order valence-corrected chi connectivity index (χ3v) is 4.24. The molecule has 1 aliphatic carbocycles. The Morgan fingerprint density at radius 3 is 2.58 bits per heavy atom. The van der Waals surface area contributed by atoms with Crippen LogP contribution in [0.2, 0.25) is 5.02 Å². The standard InChI is InChI=1S/C15H22ClN3/c1-2-19(11-6-4-3-5-7-11)12-8-9-13(15(17)18)14(16)10-12/h8-11H,2-7H2,1H3,(H3,17,18). The number of benzene rings is 1. The minimum absolute atomic E-state index is 0.0252. The summed E-state index contributed by atoms with van der Waals surface area (Å²) in [6.07, 6.45) is 6.53. The summed E-state index contributed by atoms with van der Waals surface area (Å²) in [7, 11) is 0. The van der Waals surface area contributed by atoms with E-state index < -0.39 is 0 Å². The monoisotopic (exact) mass is 279 g/mol. The number of anilines is 1. The van der Waals surface area contributed by atoms with E-state index in [1.54, 1.807) is 0 Å². The SMILES string of the molecule is CCN(c1ccc(C(=N)N)c(Cl)c1)C1CCCCC1. The predicted octanol–water partition coefficient (Wildman–Crippen LogP) is 3.78. The van der Waals surface area contributed by atoms with Crippen molar-refractivity contribution in [2.45, 2.75) is 45.1 Å². The average molecular weight is 280 g/mol. The van der Waals surface area contributed by atoms with Crippen LogP contribution >= 0.6 is 11.6 Å². The molecule has 2 rings (SSSR count). The molecule has 1 aromatic rings. The van der Waals surface area contributed by atoms with Crippen molar-refractivity contribution in [3.8, 4) is 0 Å². The molecule has 3 N–H and O–H groups in total. The molecule has 19 heavy (non-hydrogen) atoms. The Balaban J connectivity index is 2.23. The molecule has 1 aliphatic rings. The van der Waals surface area contributed by atoms with Crippen LogP contribution < -0.4 is 10.6 Å². The molecule has 0 amide bonds. The molecule has 0 aliphatic heterocycles. The number of nitrogens with two attached hydrogens (primary N) is 1. The molecule has 104 valence electrons. The van der Waals surface area contributed by atoms with Gasteiger partial charge in [0.15, 0.2) is 0 Å². The third kappa shape index (κ3) is 3.21. The molecule has 1 aromatic carbocycles. The second-order valence-electron chi connectivity index (χ2n) is 5.16. The highest BCUT2D eigenvalue weighted by Gasteiger charge is 2.20. The van der Waals surface area contributed by atoms with Gasteiger partial charge in [0.1, 0.15) is 5.84 Å². The molecular weight excluding hydrogens is 258 g/mol. The third-order valence-electron chi connectivity index (χ3n) is 3.93. The van der Waals surface area contributed by atoms with E-state index >= 15 is 0 Å². The van der Waals surface area contributed by atoms with Crippen molar-refractivity contribution < 1.29 is 0 Å². The molecule has 0 unspecified atom stereocenters. The molecule has 0 spiro atoms. The van der Waals surface area contributed by atoms with Crippen molar-refractivity contribution in [3.63, 3.8) is 0 Å². The summed E-state index contributed by atoms with van der Waals surface area (Å²) in [6, 6.07) is 6.45. The maximum atomic E-state index is 7.47. The molecule has 1 saturated carbocycles. The van der Waals surface area contributed by atoms with Crippen molar-refractivity contribution in [1.29, 1.82) is 5.41 Å².